The van der Waals surface area contributed by atoms with Crippen molar-refractivity contribution in [2.24, 2.45) is 11.3 Å². The first-order valence-corrected chi connectivity index (χ1v) is 7.77. The molecule has 0 saturated heterocycles. The topological polar surface area (TPSA) is 9.23 Å². The Bertz CT molecular complexity index is 443. The average Bonchev–Trinajstić information content (AvgIpc) is 2.54. The predicted molar refractivity (Wildman–Crippen MR) is 79.2 cm³/mol. The summed E-state index contributed by atoms with van der Waals surface area (Å²) in [7, 11) is 0. The Morgan fingerprint density at radius 3 is 2.58 bits per heavy atom. The van der Waals surface area contributed by atoms with Gasteiger partial charge in [0.05, 0.1) is 12.7 Å². The molecule has 1 nitrogen and oxygen atoms in total. The largest absolute Gasteiger partial charge is 0.373 e. The van der Waals surface area contributed by atoms with Crippen LogP contribution in [0.2, 0.25) is 0 Å². The number of ether oxygens (including phenoxy) is 1. The fraction of sp³-hybridized carbons (Fsp3) is 0.667. The number of fused-ring (bicyclic) bond motifs is 2. The Balaban J connectivity index is 2.07. The van der Waals surface area contributed by atoms with E-state index in [1.54, 1.807) is 5.56 Å². The minimum atomic E-state index is 0.310. The molecule has 0 spiro atoms. The lowest BCUT2D eigenvalue weighted by atomic mass is 9.64. The maximum absolute atomic E-state index is 6.26. The highest BCUT2D eigenvalue weighted by Gasteiger charge is 2.41. The molecule has 1 saturated carbocycles. The summed E-state index contributed by atoms with van der Waals surface area (Å²) in [5.41, 5.74) is 3.27. The molecule has 1 heterocycles. The van der Waals surface area contributed by atoms with Gasteiger partial charge in [0.25, 0.3) is 0 Å². The van der Waals surface area contributed by atoms with E-state index in [0.717, 1.165) is 6.61 Å². The van der Waals surface area contributed by atoms with Crippen LogP contribution in [0, 0.1) is 11.3 Å². The van der Waals surface area contributed by atoms with E-state index in [4.69, 9.17) is 4.74 Å². The minimum absolute atomic E-state index is 0.310. The standard InChI is InChI=1S/C18H26O/c1-18(2,3)17-14-9-5-4-8-13(14)12-19-16-11-7-6-10-15(16)17/h4-5,8-9,15-17H,6-7,10-12H2,1-3H3. The zero-order valence-electron chi connectivity index (χ0n) is 12.5. The Kier molecular flexibility index (Phi) is 3.42. The summed E-state index contributed by atoms with van der Waals surface area (Å²) >= 11 is 0. The lowest BCUT2D eigenvalue weighted by Gasteiger charge is -2.42. The van der Waals surface area contributed by atoms with E-state index in [1.807, 2.05) is 0 Å². The van der Waals surface area contributed by atoms with Crippen LogP contribution in [-0.2, 0) is 11.3 Å². The first-order chi connectivity index (χ1) is 9.07. The molecule has 2 aliphatic rings. The third-order valence-corrected chi connectivity index (χ3v) is 4.96. The van der Waals surface area contributed by atoms with Crippen LogP contribution in [0.25, 0.3) is 0 Å². The van der Waals surface area contributed by atoms with E-state index in [9.17, 15) is 0 Å². The van der Waals surface area contributed by atoms with Crippen LogP contribution in [0.3, 0.4) is 0 Å². The van der Waals surface area contributed by atoms with Crippen LogP contribution in [-0.4, -0.2) is 6.10 Å². The quantitative estimate of drug-likeness (QED) is 0.642. The van der Waals surface area contributed by atoms with Crippen molar-refractivity contribution in [2.45, 2.75) is 65.1 Å². The molecule has 1 aliphatic carbocycles. The van der Waals surface area contributed by atoms with Crippen LogP contribution in [0.4, 0.5) is 0 Å². The first kappa shape index (κ1) is 13.2. The maximum atomic E-state index is 6.26. The van der Waals surface area contributed by atoms with Gasteiger partial charge >= 0.3 is 0 Å². The molecule has 0 amide bonds. The first-order valence-electron chi connectivity index (χ1n) is 7.77. The van der Waals surface area contributed by atoms with Gasteiger partial charge in [-0.1, -0.05) is 57.9 Å². The van der Waals surface area contributed by atoms with Crippen molar-refractivity contribution in [3.63, 3.8) is 0 Å². The average molecular weight is 258 g/mol. The fourth-order valence-corrected chi connectivity index (χ4v) is 4.22. The zero-order valence-corrected chi connectivity index (χ0v) is 12.5. The predicted octanol–water partition coefficient (Wildman–Crippen LogP) is 4.91. The van der Waals surface area contributed by atoms with Gasteiger partial charge in [-0.05, 0) is 41.2 Å². The SMILES string of the molecule is CC(C)(C)C1c2ccccc2COC2CCCCC21. The van der Waals surface area contributed by atoms with Crippen molar-refractivity contribution in [1.82, 2.24) is 0 Å². The lowest BCUT2D eigenvalue weighted by molar-refractivity contribution is -0.0325. The van der Waals surface area contributed by atoms with Crippen LogP contribution in [0.15, 0.2) is 24.3 Å². The van der Waals surface area contributed by atoms with Gasteiger partial charge in [0.1, 0.15) is 0 Å². The monoisotopic (exact) mass is 258 g/mol. The van der Waals surface area contributed by atoms with E-state index >= 15 is 0 Å². The highest BCUT2D eigenvalue weighted by Crippen LogP contribution is 2.49. The molecule has 3 unspecified atom stereocenters. The second kappa shape index (κ2) is 4.94. The van der Waals surface area contributed by atoms with Gasteiger partial charge in [0, 0.05) is 0 Å². The summed E-state index contributed by atoms with van der Waals surface area (Å²) in [6.45, 7) is 7.99. The third-order valence-electron chi connectivity index (χ3n) is 4.96. The van der Waals surface area contributed by atoms with Gasteiger partial charge in [0.15, 0.2) is 0 Å². The number of rotatable bonds is 0. The van der Waals surface area contributed by atoms with Gasteiger partial charge in [0.2, 0.25) is 0 Å². The number of hydrogen-bond acceptors (Lipinski definition) is 1. The van der Waals surface area contributed by atoms with Gasteiger partial charge < -0.3 is 4.74 Å². The maximum Gasteiger partial charge on any atom is 0.0723 e. The van der Waals surface area contributed by atoms with Crippen LogP contribution in [0.1, 0.15) is 63.5 Å². The van der Waals surface area contributed by atoms with E-state index in [2.05, 4.69) is 45.0 Å². The molecule has 19 heavy (non-hydrogen) atoms. The van der Waals surface area contributed by atoms with Crippen LogP contribution >= 0.6 is 0 Å². The minimum Gasteiger partial charge on any atom is -0.373 e. The Morgan fingerprint density at radius 1 is 1.05 bits per heavy atom. The Hall–Kier alpha value is -0.820. The molecule has 0 N–H and O–H groups in total. The fourth-order valence-electron chi connectivity index (χ4n) is 4.22. The summed E-state index contributed by atoms with van der Waals surface area (Å²) in [6.07, 6.45) is 5.78. The summed E-state index contributed by atoms with van der Waals surface area (Å²) < 4.78 is 6.26. The van der Waals surface area contributed by atoms with Crippen molar-refractivity contribution >= 4 is 0 Å². The highest BCUT2D eigenvalue weighted by atomic mass is 16.5. The van der Waals surface area contributed by atoms with Crippen LogP contribution < -0.4 is 0 Å². The van der Waals surface area contributed by atoms with E-state index in [-0.39, 0.29) is 0 Å². The van der Waals surface area contributed by atoms with Gasteiger partial charge in [-0.15, -0.1) is 0 Å². The molecule has 1 aliphatic heterocycles. The van der Waals surface area contributed by atoms with Gasteiger partial charge in [-0.3, -0.25) is 0 Å². The summed E-state index contributed by atoms with van der Waals surface area (Å²) in [6, 6.07) is 8.94. The van der Waals surface area contributed by atoms with E-state index < -0.39 is 0 Å². The summed E-state index contributed by atoms with van der Waals surface area (Å²) in [5.74, 6) is 1.34. The normalized spacial score (nSPS) is 31.2. The van der Waals surface area contributed by atoms with Crippen molar-refractivity contribution in [2.75, 3.05) is 0 Å². The second-order valence-corrected chi connectivity index (χ2v) is 7.34. The smallest absolute Gasteiger partial charge is 0.0723 e. The zero-order chi connectivity index (χ0) is 13.5. The molecule has 0 radical (unpaired) electrons. The van der Waals surface area contributed by atoms with Crippen LogP contribution in [0.5, 0.6) is 0 Å². The number of benzene rings is 1. The second-order valence-electron chi connectivity index (χ2n) is 7.34. The molecule has 104 valence electrons. The van der Waals surface area contributed by atoms with Crippen molar-refractivity contribution < 1.29 is 4.74 Å². The highest BCUT2D eigenvalue weighted by molar-refractivity contribution is 5.33. The van der Waals surface area contributed by atoms with Gasteiger partial charge in [-0.25, -0.2) is 0 Å². The molecular formula is C18H26O. The van der Waals surface area contributed by atoms with Crippen molar-refractivity contribution in [1.29, 1.82) is 0 Å². The molecule has 3 atom stereocenters. The Morgan fingerprint density at radius 2 is 1.79 bits per heavy atom. The lowest BCUT2D eigenvalue weighted by Crippen LogP contribution is -2.36. The Labute approximate surface area is 117 Å². The molecular weight excluding hydrogens is 232 g/mol. The van der Waals surface area contributed by atoms with Crippen molar-refractivity contribution in [3.05, 3.63) is 35.4 Å². The molecule has 1 heteroatoms. The van der Waals surface area contributed by atoms with Gasteiger partial charge in [-0.2, -0.15) is 0 Å². The molecule has 1 fully saturated rings. The molecule has 1 aromatic carbocycles. The molecule has 0 bridgehead atoms. The van der Waals surface area contributed by atoms with E-state index in [0.29, 0.717) is 23.4 Å². The van der Waals surface area contributed by atoms with Crippen molar-refractivity contribution in [3.8, 4) is 0 Å². The summed E-state index contributed by atoms with van der Waals surface area (Å²) in [5, 5.41) is 0. The summed E-state index contributed by atoms with van der Waals surface area (Å²) in [4.78, 5) is 0. The molecule has 1 aromatic rings. The van der Waals surface area contributed by atoms with E-state index in [1.165, 1.54) is 31.2 Å². The number of hydrogen-bond donors (Lipinski definition) is 0. The third kappa shape index (κ3) is 2.45. The molecule has 0 aromatic heterocycles. The molecule has 3 rings (SSSR count).